The Bertz CT molecular complexity index is 1080. The summed E-state index contributed by atoms with van der Waals surface area (Å²) in [4.78, 5) is 21.2. The number of carbonyl (C=O) groups is 1. The number of likely N-dealkylation sites (N-methyl/N-ethyl adjacent to an activating group) is 1. The van der Waals surface area contributed by atoms with E-state index in [2.05, 4.69) is 28.2 Å². The maximum absolute atomic E-state index is 14.5. The average molecular weight is 450 g/mol. The molecule has 3 aromatic rings. The summed E-state index contributed by atoms with van der Waals surface area (Å²) in [5.41, 5.74) is 3.57. The van der Waals surface area contributed by atoms with Crippen molar-refractivity contribution in [3.8, 4) is 0 Å². The highest BCUT2D eigenvalue weighted by Gasteiger charge is 2.32. The van der Waals surface area contributed by atoms with Crippen molar-refractivity contribution < 1.29 is 9.18 Å². The van der Waals surface area contributed by atoms with Crippen LogP contribution in [0.2, 0.25) is 0 Å². The summed E-state index contributed by atoms with van der Waals surface area (Å²) in [6.45, 7) is 4.18. The Morgan fingerprint density at radius 2 is 1.94 bits per heavy atom. The van der Waals surface area contributed by atoms with E-state index < -0.39 is 0 Å². The van der Waals surface area contributed by atoms with Gasteiger partial charge < -0.3 is 4.90 Å². The van der Waals surface area contributed by atoms with Crippen molar-refractivity contribution in [1.82, 2.24) is 24.6 Å². The molecule has 0 radical (unpaired) electrons. The highest BCUT2D eigenvalue weighted by molar-refractivity contribution is 5.93. The van der Waals surface area contributed by atoms with E-state index in [9.17, 15) is 9.18 Å². The Kier molecular flexibility index (Phi) is 7.18. The van der Waals surface area contributed by atoms with Gasteiger partial charge in [-0.1, -0.05) is 18.2 Å². The molecule has 1 aliphatic heterocycles. The second-order valence-electron chi connectivity index (χ2n) is 9.06. The van der Waals surface area contributed by atoms with Gasteiger partial charge in [-0.2, -0.15) is 5.10 Å². The fourth-order valence-electron chi connectivity index (χ4n) is 4.92. The number of aryl methyl sites for hydroxylation is 2. The first-order valence-corrected chi connectivity index (χ1v) is 11.5. The number of halogens is 1. The van der Waals surface area contributed by atoms with Gasteiger partial charge in [0.1, 0.15) is 5.82 Å². The summed E-state index contributed by atoms with van der Waals surface area (Å²) in [7, 11) is 4.05. The first-order chi connectivity index (χ1) is 15.9. The van der Waals surface area contributed by atoms with Crippen LogP contribution < -0.4 is 0 Å². The monoisotopic (exact) mass is 449 g/mol. The van der Waals surface area contributed by atoms with Crippen molar-refractivity contribution in [3.05, 3.63) is 83.2 Å². The molecule has 2 aromatic heterocycles. The molecule has 1 aliphatic rings. The summed E-state index contributed by atoms with van der Waals surface area (Å²) in [6, 6.07) is 10.8. The number of rotatable bonds is 7. The van der Waals surface area contributed by atoms with Gasteiger partial charge in [0.05, 0.1) is 11.3 Å². The third kappa shape index (κ3) is 5.47. The molecule has 0 N–H and O–H groups in total. The SMILES string of the molecule is Cc1nn(C)cc1CN(C)C(Cc1ccccc1F)C1CCN(C(=O)c2cccnc2)CC1. The van der Waals surface area contributed by atoms with E-state index in [4.69, 9.17) is 0 Å². The summed E-state index contributed by atoms with van der Waals surface area (Å²) >= 11 is 0. The molecule has 1 fully saturated rings. The van der Waals surface area contributed by atoms with E-state index in [-0.39, 0.29) is 17.8 Å². The Morgan fingerprint density at radius 3 is 2.58 bits per heavy atom. The molecule has 1 unspecified atom stereocenters. The van der Waals surface area contributed by atoms with Crippen molar-refractivity contribution in [2.24, 2.45) is 13.0 Å². The number of amides is 1. The van der Waals surface area contributed by atoms with E-state index in [1.54, 1.807) is 24.5 Å². The largest absolute Gasteiger partial charge is 0.339 e. The van der Waals surface area contributed by atoms with Crippen molar-refractivity contribution in [3.63, 3.8) is 0 Å². The first kappa shape index (κ1) is 23.1. The zero-order valence-electron chi connectivity index (χ0n) is 19.6. The number of benzene rings is 1. The van der Waals surface area contributed by atoms with Gasteiger partial charge in [0.25, 0.3) is 5.91 Å². The van der Waals surface area contributed by atoms with E-state index in [0.29, 0.717) is 31.0 Å². The molecule has 0 saturated carbocycles. The normalized spacial score (nSPS) is 15.7. The lowest BCUT2D eigenvalue weighted by atomic mass is 9.84. The van der Waals surface area contributed by atoms with Crippen molar-refractivity contribution in [2.45, 2.75) is 38.8 Å². The minimum atomic E-state index is -0.155. The fourth-order valence-corrected chi connectivity index (χ4v) is 4.92. The molecule has 6 nitrogen and oxygen atoms in total. The summed E-state index contributed by atoms with van der Waals surface area (Å²) in [5, 5.41) is 4.47. The van der Waals surface area contributed by atoms with Crippen LogP contribution in [0.15, 0.2) is 55.0 Å². The highest BCUT2D eigenvalue weighted by Crippen LogP contribution is 2.29. The van der Waals surface area contributed by atoms with Gasteiger partial charge in [-0.15, -0.1) is 0 Å². The predicted octanol–water partition coefficient (Wildman–Crippen LogP) is 3.86. The molecule has 7 heteroatoms. The van der Waals surface area contributed by atoms with Crippen LogP contribution in [0.25, 0.3) is 0 Å². The van der Waals surface area contributed by atoms with Crippen LogP contribution in [0.1, 0.15) is 40.0 Å². The van der Waals surface area contributed by atoms with Crippen LogP contribution in [0.4, 0.5) is 4.39 Å². The van der Waals surface area contributed by atoms with Crippen LogP contribution in [0.3, 0.4) is 0 Å². The van der Waals surface area contributed by atoms with Crippen molar-refractivity contribution in [1.29, 1.82) is 0 Å². The summed E-state index contributed by atoms with van der Waals surface area (Å²) in [5.74, 6) is 0.244. The molecule has 1 amide bonds. The molecule has 4 rings (SSSR count). The molecule has 0 spiro atoms. The maximum atomic E-state index is 14.5. The lowest BCUT2D eigenvalue weighted by molar-refractivity contribution is 0.0601. The molecular formula is C26H32FN5O. The van der Waals surface area contributed by atoms with E-state index in [1.807, 2.05) is 41.8 Å². The van der Waals surface area contributed by atoms with Gasteiger partial charge in [-0.05, 0) is 62.9 Å². The van der Waals surface area contributed by atoms with Crippen LogP contribution >= 0.6 is 0 Å². The van der Waals surface area contributed by atoms with Crippen LogP contribution in [0.5, 0.6) is 0 Å². The maximum Gasteiger partial charge on any atom is 0.255 e. The number of carbonyl (C=O) groups excluding carboxylic acids is 1. The summed E-state index contributed by atoms with van der Waals surface area (Å²) < 4.78 is 16.4. The molecule has 0 aliphatic carbocycles. The Labute approximate surface area is 195 Å². The topological polar surface area (TPSA) is 54.3 Å². The van der Waals surface area contributed by atoms with E-state index >= 15 is 0 Å². The minimum absolute atomic E-state index is 0.0338. The van der Waals surface area contributed by atoms with Crippen molar-refractivity contribution >= 4 is 5.91 Å². The van der Waals surface area contributed by atoms with Crippen LogP contribution in [0, 0.1) is 18.7 Å². The molecule has 1 saturated heterocycles. The third-order valence-corrected chi connectivity index (χ3v) is 6.77. The number of piperidine rings is 1. The fraction of sp³-hybridized carbons (Fsp3) is 0.423. The molecule has 174 valence electrons. The number of nitrogens with zero attached hydrogens (tertiary/aromatic N) is 5. The molecule has 3 heterocycles. The van der Waals surface area contributed by atoms with Gasteiger partial charge in [0, 0.05) is 56.9 Å². The number of pyridine rings is 1. The molecule has 1 atom stereocenters. The second-order valence-corrected chi connectivity index (χ2v) is 9.06. The number of hydrogen-bond donors (Lipinski definition) is 0. The third-order valence-electron chi connectivity index (χ3n) is 6.77. The predicted molar refractivity (Wildman–Crippen MR) is 126 cm³/mol. The Balaban J connectivity index is 1.49. The molecule has 0 bridgehead atoms. The lowest BCUT2D eigenvalue weighted by Crippen LogP contribution is -2.46. The average Bonchev–Trinajstić information content (AvgIpc) is 3.15. The second kappa shape index (κ2) is 10.3. The van der Waals surface area contributed by atoms with Crippen LogP contribution in [-0.2, 0) is 20.0 Å². The molecule has 33 heavy (non-hydrogen) atoms. The Morgan fingerprint density at radius 1 is 1.18 bits per heavy atom. The van der Waals surface area contributed by atoms with E-state index in [1.165, 1.54) is 11.6 Å². The quantitative estimate of drug-likeness (QED) is 0.550. The van der Waals surface area contributed by atoms with E-state index in [0.717, 1.165) is 30.6 Å². The van der Waals surface area contributed by atoms with Crippen molar-refractivity contribution in [2.75, 3.05) is 20.1 Å². The standard InChI is InChI=1S/C26H32FN5O/c1-19-23(18-31(3)29-19)17-30(2)25(15-21-7-4-5-9-24(21)27)20-10-13-32(14-11-20)26(33)22-8-6-12-28-16-22/h4-9,12,16,18,20,25H,10-11,13-15,17H2,1-3H3. The zero-order valence-corrected chi connectivity index (χ0v) is 19.6. The zero-order chi connectivity index (χ0) is 23.4. The van der Waals surface area contributed by atoms with Gasteiger partial charge in [0.2, 0.25) is 0 Å². The van der Waals surface area contributed by atoms with Crippen LogP contribution in [-0.4, -0.2) is 56.7 Å². The Hall–Kier alpha value is -3.06. The number of hydrogen-bond acceptors (Lipinski definition) is 4. The lowest BCUT2D eigenvalue weighted by Gasteiger charge is -2.40. The summed E-state index contributed by atoms with van der Waals surface area (Å²) in [6.07, 6.45) is 7.78. The molecule has 1 aromatic carbocycles. The smallest absolute Gasteiger partial charge is 0.255 e. The van der Waals surface area contributed by atoms with Gasteiger partial charge in [0.15, 0.2) is 0 Å². The number of likely N-dealkylation sites (tertiary alicyclic amines) is 1. The van der Waals surface area contributed by atoms with Gasteiger partial charge >= 0.3 is 0 Å². The minimum Gasteiger partial charge on any atom is -0.339 e. The first-order valence-electron chi connectivity index (χ1n) is 11.5. The highest BCUT2D eigenvalue weighted by atomic mass is 19.1. The van der Waals surface area contributed by atoms with Gasteiger partial charge in [-0.25, -0.2) is 4.39 Å². The number of aromatic nitrogens is 3. The molecular weight excluding hydrogens is 417 g/mol. The van der Waals surface area contributed by atoms with Gasteiger partial charge in [-0.3, -0.25) is 19.4 Å².